The first-order chi connectivity index (χ1) is 14.4. The summed E-state index contributed by atoms with van der Waals surface area (Å²) >= 11 is 0. The molecule has 9 heteroatoms. The zero-order valence-electron chi connectivity index (χ0n) is 17.5. The summed E-state index contributed by atoms with van der Waals surface area (Å²) in [5.41, 5.74) is 0.898. The number of hydrogen-bond donors (Lipinski definition) is 0. The molecule has 0 aromatic heterocycles. The normalized spacial score (nSPS) is 17.0. The molecule has 0 aliphatic carbocycles. The first-order valence-corrected chi connectivity index (χ1v) is 10.1. The lowest BCUT2D eigenvalue weighted by atomic mass is 10.1. The number of benzene rings is 1. The number of methoxy groups -OCH3 is 1. The van der Waals surface area contributed by atoms with E-state index in [1.807, 2.05) is 24.3 Å². The van der Waals surface area contributed by atoms with Gasteiger partial charge in [-0.25, -0.2) is 4.79 Å². The highest BCUT2D eigenvalue weighted by atomic mass is 16.5. The van der Waals surface area contributed by atoms with E-state index >= 15 is 0 Å². The van der Waals surface area contributed by atoms with Gasteiger partial charge in [-0.1, -0.05) is 12.1 Å². The van der Waals surface area contributed by atoms with E-state index in [1.54, 1.807) is 24.0 Å². The Morgan fingerprint density at radius 1 is 1.03 bits per heavy atom. The molecule has 0 radical (unpaired) electrons. The van der Waals surface area contributed by atoms with Crippen LogP contribution in [-0.4, -0.2) is 96.8 Å². The Kier molecular flexibility index (Phi) is 6.91. The van der Waals surface area contributed by atoms with Crippen LogP contribution in [0.4, 0.5) is 4.79 Å². The number of imide groups is 1. The van der Waals surface area contributed by atoms with Crippen molar-refractivity contribution in [2.45, 2.75) is 19.3 Å². The molecule has 2 heterocycles. The minimum Gasteiger partial charge on any atom is -0.497 e. The minimum atomic E-state index is -0.310. The first-order valence-electron chi connectivity index (χ1n) is 10.1. The quantitative estimate of drug-likeness (QED) is 0.607. The molecule has 0 spiro atoms. The fourth-order valence-electron chi connectivity index (χ4n) is 3.71. The molecule has 9 nitrogen and oxygen atoms in total. The third-order valence-corrected chi connectivity index (χ3v) is 5.48. The van der Waals surface area contributed by atoms with Crippen molar-refractivity contribution in [3.63, 3.8) is 0 Å². The van der Waals surface area contributed by atoms with Crippen LogP contribution in [0.15, 0.2) is 24.3 Å². The van der Waals surface area contributed by atoms with Gasteiger partial charge in [-0.2, -0.15) is 0 Å². The van der Waals surface area contributed by atoms with E-state index in [4.69, 9.17) is 4.74 Å². The Bertz CT molecular complexity index is 819. The molecule has 0 bridgehead atoms. The number of urea groups is 1. The second-order valence-corrected chi connectivity index (χ2v) is 7.58. The monoisotopic (exact) mass is 416 g/mol. The van der Waals surface area contributed by atoms with Gasteiger partial charge in [-0.05, 0) is 24.1 Å². The van der Waals surface area contributed by atoms with Gasteiger partial charge in [0.05, 0.1) is 13.5 Å². The molecule has 3 rings (SSSR count). The lowest BCUT2D eigenvalue weighted by Crippen LogP contribution is -2.51. The Hall–Kier alpha value is -3.10. The molecule has 1 aromatic carbocycles. The van der Waals surface area contributed by atoms with Crippen molar-refractivity contribution in [3.05, 3.63) is 29.8 Å². The molecule has 0 unspecified atom stereocenters. The van der Waals surface area contributed by atoms with Crippen LogP contribution in [0.1, 0.15) is 18.4 Å². The van der Waals surface area contributed by atoms with E-state index in [9.17, 15) is 19.2 Å². The Balaban J connectivity index is 1.40. The van der Waals surface area contributed by atoms with Crippen LogP contribution in [0.2, 0.25) is 0 Å². The highest BCUT2D eigenvalue weighted by Gasteiger charge is 2.33. The molecule has 5 amide bonds. The summed E-state index contributed by atoms with van der Waals surface area (Å²) in [6.07, 6.45) is 1.02. The van der Waals surface area contributed by atoms with Crippen molar-refractivity contribution in [1.29, 1.82) is 0 Å². The van der Waals surface area contributed by atoms with E-state index in [0.717, 1.165) is 11.3 Å². The summed E-state index contributed by atoms with van der Waals surface area (Å²) in [5.74, 6) is 0.519. The molecule has 0 saturated carbocycles. The van der Waals surface area contributed by atoms with E-state index in [-0.39, 0.29) is 43.3 Å². The molecule has 162 valence electrons. The lowest BCUT2D eigenvalue weighted by Gasteiger charge is -2.35. The maximum atomic E-state index is 12.6. The number of carbonyl (C=O) groups excluding carboxylic acids is 4. The van der Waals surface area contributed by atoms with Crippen LogP contribution in [-0.2, 0) is 20.8 Å². The van der Waals surface area contributed by atoms with Gasteiger partial charge in [0.15, 0.2) is 0 Å². The number of amides is 5. The van der Waals surface area contributed by atoms with E-state index in [0.29, 0.717) is 39.0 Å². The third kappa shape index (κ3) is 5.08. The molecule has 0 N–H and O–H groups in total. The van der Waals surface area contributed by atoms with Crippen LogP contribution in [0, 0.1) is 0 Å². The molecular formula is C21H28N4O5. The topological polar surface area (TPSA) is 90.5 Å². The summed E-state index contributed by atoms with van der Waals surface area (Å²) < 4.78 is 5.19. The van der Waals surface area contributed by atoms with Crippen molar-refractivity contribution in [3.8, 4) is 5.75 Å². The van der Waals surface area contributed by atoms with Gasteiger partial charge in [0.1, 0.15) is 12.3 Å². The number of hydrogen-bond acceptors (Lipinski definition) is 5. The molecule has 2 saturated heterocycles. The highest BCUT2D eigenvalue weighted by Crippen LogP contribution is 2.15. The minimum absolute atomic E-state index is 0.0117. The van der Waals surface area contributed by atoms with E-state index < -0.39 is 0 Å². The Labute approximate surface area is 176 Å². The molecule has 1 aromatic rings. The van der Waals surface area contributed by atoms with Gasteiger partial charge in [0.25, 0.3) is 0 Å². The average Bonchev–Trinajstić information content (AvgIpc) is 2.99. The maximum Gasteiger partial charge on any atom is 0.326 e. The second kappa shape index (κ2) is 9.60. The molecule has 30 heavy (non-hydrogen) atoms. The molecule has 2 aliphatic rings. The van der Waals surface area contributed by atoms with Crippen LogP contribution in [0.3, 0.4) is 0 Å². The van der Waals surface area contributed by atoms with Crippen molar-refractivity contribution < 1.29 is 23.9 Å². The highest BCUT2D eigenvalue weighted by molar-refractivity contribution is 6.01. The molecular weight excluding hydrogens is 388 g/mol. The van der Waals surface area contributed by atoms with Gasteiger partial charge >= 0.3 is 6.03 Å². The molecule has 0 atom stereocenters. The second-order valence-electron chi connectivity index (χ2n) is 7.58. The summed E-state index contributed by atoms with van der Waals surface area (Å²) in [6.45, 7) is 2.34. The smallest absolute Gasteiger partial charge is 0.326 e. The number of rotatable bonds is 7. The van der Waals surface area contributed by atoms with Gasteiger partial charge in [0, 0.05) is 46.2 Å². The summed E-state index contributed by atoms with van der Waals surface area (Å²) in [5, 5.41) is 0. The van der Waals surface area contributed by atoms with Gasteiger partial charge < -0.3 is 19.4 Å². The SMILES string of the molecule is COc1cccc(CC(=O)N2CCN(C(=O)CCCN3C(=O)CN(C)C3=O)CC2)c1. The van der Waals surface area contributed by atoms with Gasteiger partial charge in [-0.3, -0.25) is 19.3 Å². The zero-order chi connectivity index (χ0) is 21.7. The molecule has 2 aliphatic heterocycles. The first kappa shape index (κ1) is 21.6. The number of carbonyl (C=O) groups is 4. The summed E-state index contributed by atoms with van der Waals surface area (Å²) in [7, 11) is 3.18. The number of likely N-dealkylation sites (N-methyl/N-ethyl adjacent to an activating group) is 1. The largest absolute Gasteiger partial charge is 0.497 e. The van der Waals surface area contributed by atoms with Crippen molar-refractivity contribution in [2.75, 3.05) is 53.4 Å². The average molecular weight is 416 g/mol. The van der Waals surface area contributed by atoms with Crippen LogP contribution in [0.25, 0.3) is 0 Å². The lowest BCUT2D eigenvalue weighted by molar-refractivity contribution is -0.139. The van der Waals surface area contributed by atoms with Crippen LogP contribution >= 0.6 is 0 Å². The summed E-state index contributed by atoms with van der Waals surface area (Å²) in [4.78, 5) is 54.7. The number of nitrogens with zero attached hydrogens (tertiary/aromatic N) is 4. The fourth-order valence-corrected chi connectivity index (χ4v) is 3.71. The van der Waals surface area contributed by atoms with Crippen LogP contribution in [0.5, 0.6) is 5.75 Å². The fraction of sp³-hybridized carbons (Fsp3) is 0.524. The Morgan fingerprint density at radius 3 is 2.30 bits per heavy atom. The van der Waals surface area contributed by atoms with Gasteiger partial charge in [0.2, 0.25) is 17.7 Å². The van der Waals surface area contributed by atoms with E-state index in [1.165, 1.54) is 9.80 Å². The number of ether oxygens (including phenoxy) is 1. The van der Waals surface area contributed by atoms with Gasteiger partial charge in [-0.15, -0.1) is 0 Å². The zero-order valence-corrected chi connectivity index (χ0v) is 17.5. The number of piperazine rings is 1. The third-order valence-electron chi connectivity index (χ3n) is 5.48. The van der Waals surface area contributed by atoms with Crippen LogP contribution < -0.4 is 4.74 Å². The van der Waals surface area contributed by atoms with Crippen molar-refractivity contribution in [1.82, 2.24) is 19.6 Å². The van der Waals surface area contributed by atoms with Crippen molar-refractivity contribution in [2.24, 2.45) is 0 Å². The molecule has 2 fully saturated rings. The van der Waals surface area contributed by atoms with E-state index in [2.05, 4.69) is 0 Å². The predicted octanol–water partition coefficient (Wildman–Crippen LogP) is 0.583. The standard InChI is InChI=1S/C21H28N4O5/c1-22-15-20(28)25(21(22)29)8-4-7-18(26)23-9-11-24(12-10-23)19(27)14-16-5-3-6-17(13-16)30-2/h3,5-6,13H,4,7-12,14-15H2,1-2H3. The Morgan fingerprint density at radius 2 is 1.70 bits per heavy atom. The summed E-state index contributed by atoms with van der Waals surface area (Å²) in [6, 6.07) is 7.14. The maximum absolute atomic E-state index is 12.6. The predicted molar refractivity (Wildman–Crippen MR) is 109 cm³/mol. The van der Waals surface area contributed by atoms with Crippen molar-refractivity contribution >= 4 is 23.8 Å².